The number of piperidine rings is 1. The second-order valence-corrected chi connectivity index (χ2v) is 3.98. The third-order valence-corrected chi connectivity index (χ3v) is 3.09. The third kappa shape index (κ3) is 1.80. The average molecular weight is 193 g/mol. The van der Waals surface area contributed by atoms with Crippen LogP contribution >= 0.6 is 0 Å². The maximum absolute atomic E-state index is 13.3. The first kappa shape index (κ1) is 9.66. The zero-order valence-electron chi connectivity index (χ0n) is 8.52. The van der Waals surface area contributed by atoms with E-state index in [0.29, 0.717) is 5.92 Å². The topological polar surface area (TPSA) is 12.0 Å². The van der Waals surface area contributed by atoms with Crippen LogP contribution in [0.25, 0.3) is 0 Å². The minimum atomic E-state index is -0.0685. The van der Waals surface area contributed by atoms with Crippen LogP contribution in [0, 0.1) is 12.7 Å². The van der Waals surface area contributed by atoms with Gasteiger partial charge in [-0.1, -0.05) is 12.1 Å². The molecule has 0 aromatic heterocycles. The SMILES string of the molecule is Cc1c(F)cccc1C1CCNCC1. The first-order valence-corrected chi connectivity index (χ1v) is 5.25. The van der Waals surface area contributed by atoms with Gasteiger partial charge in [-0.15, -0.1) is 0 Å². The van der Waals surface area contributed by atoms with Gasteiger partial charge in [-0.25, -0.2) is 4.39 Å². The van der Waals surface area contributed by atoms with Crippen LogP contribution in [0.3, 0.4) is 0 Å². The van der Waals surface area contributed by atoms with E-state index in [1.165, 1.54) is 5.56 Å². The van der Waals surface area contributed by atoms with Crippen LogP contribution < -0.4 is 5.32 Å². The lowest BCUT2D eigenvalue weighted by molar-refractivity contribution is 0.456. The summed E-state index contributed by atoms with van der Waals surface area (Å²) in [6.07, 6.45) is 2.26. The van der Waals surface area contributed by atoms with E-state index in [1.807, 2.05) is 13.0 Å². The van der Waals surface area contributed by atoms with Crippen LogP contribution in [0.1, 0.15) is 29.9 Å². The Bertz CT molecular complexity index is 316. The zero-order valence-corrected chi connectivity index (χ0v) is 8.52. The Morgan fingerprint density at radius 1 is 1.29 bits per heavy atom. The molecule has 0 radical (unpaired) electrons. The predicted octanol–water partition coefficient (Wildman–Crippen LogP) is 2.60. The Kier molecular flexibility index (Phi) is 2.82. The molecule has 0 bridgehead atoms. The number of hydrogen-bond acceptors (Lipinski definition) is 1. The molecule has 1 aromatic carbocycles. The summed E-state index contributed by atoms with van der Waals surface area (Å²) >= 11 is 0. The summed E-state index contributed by atoms with van der Waals surface area (Å²) in [4.78, 5) is 0. The van der Waals surface area contributed by atoms with Crippen LogP contribution in [-0.2, 0) is 0 Å². The highest BCUT2D eigenvalue weighted by molar-refractivity contribution is 5.30. The van der Waals surface area contributed by atoms with Crippen molar-refractivity contribution in [1.82, 2.24) is 5.32 Å². The van der Waals surface area contributed by atoms with Gasteiger partial charge in [-0.2, -0.15) is 0 Å². The van der Waals surface area contributed by atoms with Gasteiger partial charge >= 0.3 is 0 Å². The molecule has 0 aliphatic carbocycles. The number of nitrogens with one attached hydrogen (secondary N) is 1. The minimum absolute atomic E-state index is 0.0685. The van der Waals surface area contributed by atoms with E-state index >= 15 is 0 Å². The second kappa shape index (κ2) is 4.09. The molecule has 1 N–H and O–H groups in total. The predicted molar refractivity (Wildman–Crippen MR) is 56.0 cm³/mol. The molecule has 0 unspecified atom stereocenters. The lowest BCUT2D eigenvalue weighted by Crippen LogP contribution is -2.27. The number of halogens is 1. The van der Waals surface area contributed by atoms with Gasteiger partial charge in [0.25, 0.3) is 0 Å². The Morgan fingerprint density at radius 2 is 2.00 bits per heavy atom. The normalized spacial score (nSPS) is 18.4. The lowest BCUT2D eigenvalue weighted by Gasteiger charge is -2.24. The van der Waals surface area contributed by atoms with Crippen LogP contribution in [0.5, 0.6) is 0 Å². The van der Waals surface area contributed by atoms with E-state index in [2.05, 4.69) is 11.4 Å². The Labute approximate surface area is 84.3 Å². The second-order valence-electron chi connectivity index (χ2n) is 3.98. The largest absolute Gasteiger partial charge is 0.317 e. The van der Waals surface area contributed by atoms with Crippen molar-refractivity contribution in [2.45, 2.75) is 25.7 Å². The average Bonchev–Trinajstić information content (AvgIpc) is 2.23. The summed E-state index contributed by atoms with van der Waals surface area (Å²) in [7, 11) is 0. The first-order valence-electron chi connectivity index (χ1n) is 5.25. The Balaban J connectivity index is 2.26. The summed E-state index contributed by atoms with van der Waals surface area (Å²) in [5, 5.41) is 3.32. The smallest absolute Gasteiger partial charge is 0.126 e. The van der Waals surface area contributed by atoms with Crippen molar-refractivity contribution in [3.63, 3.8) is 0 Å². The molecule has 0 amide bonds. The fraction of sp³-hybridized carbons (Fsp3) is 0.500. The molecule has 14 heavy (non-hydrogen) atoms. The molecular weight excluding hydrogens is 177 g/mol. The molecule has 2 rings (SSSR count). The number of rotatable bonds is 1. The lowest BCUT2D eigenvalue weighted by atomic mass is 9.87. The van der Waals surface area contributed by atoms with E-state index in [4.69, 9.17) is 0 Å². The molecule has 1 saturated heterocycles. The van der Waals surface area contributed by atoms with E-state index in [0.717, 1.165) is 31.5 Å². The van der Waals surface area contributed by atoms with Gasteiger partial charge < -0.3 is 5.32 Å². The van der Waals surface area contributed by atoms with Gasteiger partial charge in [-0.3, -0.25) is 0 Å². The summed E-state index contributed by atoms with van der Waals surface area (Å²) in [6, 6.07) is 5.42. The minimum Gasteiger partial charge on any atom is -0.317 e. The van der Waals surface area contributed by atoms with E-state index in [9.17, 15) is 4.39 Å². The quantitative estimate of drug-likeness (QED) is 0.723. The van der Waals surface area contributed by atoms with Crippen LogP contribution in [-0.4, -0.2) is 13.1 Å². The van der Waals surface area contributed by atoms with Crippen molar-refractivity contribution in [3.8, 4) is 0 Å². The number of hydrogen-bond donors (Lipinski definition) is 1. The van der Waals surface area contributed by atoms with Crippen LogP contribution in [0.2, 0.25) is 0 Å². The fourth-order valence-corrected chi connectivity index (χ4v) is 2.20. The third-order valence-electron chi connectivity index (χ3n) is 3.09. The van der Waals surface area contributed by atoms with Crippen molar-refractivity contribution < 1.29 is 4.39 Å². The van der Waals surface area contributed by atoms with Gasteiger partial charge in [0.2, 0.25) is 0 Å². The standard InChI is InChI=1S/C12H16FN/c1-9-11(3-2-4-12(9)13)10-5-7-14-8-6-10/h2-4,10,14H,5-8H2,1H3. The van der Waals surface area contributed by atoms with Gasteiger partial charge in [0, 0.05) is 0 Å². The molecule has 1 aliphatic heterocycles. The van der Waals surface area contributed by atoms with Gasteiger partial charge in [-0.05, 0) is 56.0 Å². The van der Waals surface area contributed by atoms with Crippen LogP contribution in [0.4, 0.5) is 4.39 Å². The first-order chi connectivity index (χ1) is 6.79. The molecule has 1 nitrogen and oxygen atoms in total. The Morgan fingerprint density at radius 3 is 2.71 bits per heavy atom. The highest BCUT2D eigenvalue weighted by Gasteiger charge is 2.17. The highest BCUT2D eigenvalue weighted by Crippen LogP contribution is 2.28. The van der Waals surface area contributed by atoms with Gasteiger partial charge in [0.1, 0.15) is 5.82 Å². The van der Waals surface area contributed by atoms with Gasteiger partial charge in [0.15, 0.2) is 0 Å². The molecule has 1 aliphatic rings. The summed E-state index contributed by atoms with van der Waals surface area (Å²) in [6.45, 7) is 3.99. The molecule has 1 heterocycles. The Hall–Kier alpha value is -0.890. The van der Waals surface area contributed by atoms with Crippen molar-refractivity contribution in [3.05, 3.63) is 35.1 Å². The highest BCUT2D eigenvalue weighted by atomic mass is 19.1. The zero-order chi connectivity index (χ0) is 9.97. The molecule has 1 aromatic rings. The molecule has 1 fully saturated rings. The van der Waals surface area contributed by atoms with Gasteiger partial charge in [0.05, 0.1) is 0 Å². The molecule has 0 atom stereocenters. The van der Waals surface area contributed by atoms with Crippen LogP contribution in [0.15, 0.2) is 18.2 Å². The molecule has 0 saturated carbocycles. The van der Waals surface area contributed by atoms with Crippen molar-refractivity contribution in [1.29, 1.82) is 0 Å². The van der Waals surface area contributed by atoms with Crippen molar-refractivity contribution in [2.75, 3.05) is 13.1 Å². The van der Waals surface area contributed by atoms with E-state index in [1.54, 1.807) is 6.07 Å². The maximum Gasteiger partial charge on any atom is 0.126 e. The van der Waals surface area contributed by atoms with Crippen molar-refractivity contribution >= 4 is 0 Å². The van der Waals surface area contributed by atoms with Crippen molar-refractivity contribution in [2.24, 2.45) is 0 Å². The van der Waals surface area contributed by atoms with E-state index in [-0.39, 0.29) is 5.82 Å². The molecule has 76 valence electrons. The number of benzene rings is 1. The fourth-order valence-electron chi connectivity index (χ4n) is 2.20. The maximum atomic E-state index is 13.3. The summed E-state index contributed by atoms with van der Waals surface area (Å²) < 4.78 is 13.3. The summed E-state index contributed by atoms with van der Waals surface area (Å²) in [5.74, 6) is 0.480. The molecular formula is C12H16FN. The molecule has 2 heteroatoms. The summed E-state index contributed by atoms with van der Waals surface area (Å²) in [5.41, 5.74) is 2.03. The van der Waals surface area contributed by atoms with E-state index < -0.39 is 0 Å². The monoisotopic (exact) mass is 193 g/mol. The molecule has 0 spiro atoms.